The predicted molar refractivity (Wildman–Crippen MR) is 193 cm³/mol. The van der Waals surface area contributed by atoms with Crippen molar-refractivity contribution in [3.05, 3.63) is 72.8 Å². The van der Waals surface area contributed by atoms with Crippen LogP contribution in [0, 0.1) is 5.92 Å². The van der Waals surface area contributed by atoms with Gasteiger partial charge in [-0.25, -0.2) is 8.97 Å². The highest BCUT2D eigenvalue weighted by atomic mass is 16.4. The van der Waals surface area contributed by atoms with Crippen LogP contribution in [0.1, 0.15) is 45.1 Å². The molecule has 4 amide bonds. The summed E-state index contributed by atoms with van der Waals surface area (Å²) in [6.07, 6.45) is 9.30. The molecular weight excluding hydrogens is 668 g/mol. The number of hydrogen-bond acceptors (Lipinski definition) is 7. The van der Waals surface area contributed by atoms with E-state index in [-0.39, 0.29) is 18.2 Å². The Kier molecular flexibility index (Phi) is 14.0. The number of carboxylic acid groups (broad SMARTS) is 1. The number of carboxylic acids is 1. The fraction of sp³-hybridized carbons (Fsp3) is 0.432. The molecule has 0 bridgehead atoms. The zero-order valence-electron chi connectivity index (χ0n) is 30.0. The molecule has 52 heavy (non-hydrogen) atoms. The predicted octanol–water partition coefficient (Wildman–Crippen LogP) is 0.952. The lowest BCUT2D eigenvalue weighted by molar-refractivity contribution is -0.671. The standard InChI is InChI=1S/C37H48N8O7/c1-24(2)34(43(4)37(52)30(38-3)19-25-21-39-28-12-6-5-11-27(25)28)36(51)42-29(35(50)40-22-31(47)41-26(23-46)20-33(48)49)13-7-9-15-44-17-18-45-16-10-8-14-32(44)45/h5-6,8,10-12,14,16-18,21,23-24,26,29-30,34,38-39H,7,9,13,15,19-20,22H2,1-4H3,(H3-,40,41,42,47,48,49,50,51)/p+1. The van der Waals surface area contributed by atoms with E-state index in [1.54, 1.807) is 14.1 Å². The average molecular weight is 718 g/mol. The largest absolute Gasteiger partial charge is 0.481 e. The van der Waals surface area contributed by atoms with Crippen LogP contribution in [0.15, 0.2) is 67.3 Å². The minimum atomic E-state index is -1.27. The lowest BCUT2D eigenvalue weighted by Crippen LogP contribution is -2.58. The number of rotatable bonds is 20. The number of H-pyrrole nitrogens is 1. The quantitative estimate of drug-likeness (QED) is 0.0441. The average Bonchev–Trinajstić information content (AvgIpc) is 3.73. The first-order chi connectivity index (χ1) is 24.9. The number of amides is 4. The highest BCUT2D eigenvalue weighted by molar-refractivity contribution is 5.95. The van der Waals surface area contributed by atoms with Gasteiger partial charge in [0.2, 0.25) is 23.6 Å². The van der Waals surface area contributed by atoms with Crippen LogP contribution in [0.4, 0.5) is 0 Å². The number of aliphatic carboxylic acids is 1. The number of pyridine rings is 1. The molecule has 0 saturated carbocycles. The molecule has 4 aromatic rings. The molecule has 1 aromatic carbocycles. The summed E-state index contributed by atoms with van der Waals surface area (Å²) in [5, 5.41) is 20.7. The molecule has 3 heterocycles. The molecule has 278 valence electrons. The minimum absolute atomic E-state index is 0.240. The van der Waals surface area contributed by atoms with E-state index in [4.69, 9.17) is 5.11 Å². The van der Waals surface area contributed by atoms with Gasteiger partial charge in [-0.3, -0.25) is 24.0 Å². The fourth-order valence-corrected chi connectivity index (χ4v) is 6.40. The molecule has 0 saturated heterocycles. The van der Waals surface area contributed by atoms with E-state index >= 15 is 0 Å². The Morgan fingerprint density at radius 1 is 0.981 bits per heavy atom. The number of imidazole rings is 1. The Morgan fingerprint density at radius 2 is 1.73 bits per heavy atom. The topological polar surface area (TPSA) is 198 Å². The lowest BCUT2D eigenvalue weighted by Gasteiger charge is -2.34. The van der Waals surface area contributed by atoms with Crippen molar-refractivity contribution in [2.24, 2.45) is 5.92 Å². The number of unbranched alkanes of at least 4 members (excludes halogenated alkanes) is 1. The molecule has 15 nitrogen and oxygen atoms in total. The van der Waals surface area contributed by atoms with Gasteiger partial charge in [-0.15, -0.1) is 0 Å². The van der Waals surface area contributed by atoms with Gasteiger partial charge >= 0.3 is 5.97 Å². The van der Waals surface area contributed by atoms with Crippen LogP contribution in [-0.2, 0) is 41.7 Å². The van der Waals surface area contributed by atoms with Crippen LogP contribution < -0.4 is 25.8 Å². The highest BCUT2D eigenvalue weighted by Gasteiger charge is 2.35. The third kappa shape index (κ3) is 10.2. The third-order valence-electron chi connectivity index (χ3n) is 9.08. The number of nitrogens with zero attached hydrogens (tertiary/aromatic N) is 3. The highest BCUT2D eigenvalue weighted by Crippen LogP contribution is 2.20. The first-order valence-electron chi connectivity index (χ1n) is 17.4. The van der Waals surface area contributed by atoms with Gasteiger partial charge in [0.15, 0.2) is 0 Å². The van der Waals surface area contributed by atoms with E-state index in [9.17, 15) is 28.8 Å². The molecule has 0 aliphatic rings. The molecule has 4 atom stereocenters. The summed E-state index contributed by atoms with van der Waals surface area (Å²) in [7, 11) is 3.27. The summed E-state index contributed by atoms with van der Waals surface area (Å²) in [5.41, 5.74) is 2.92. The number of benzene rings is 1. The van der Waals surface area contributed by atoms with Gasteiger partial charge in [0.05, 0.1) is 37.8 Å². The SMILES string of the molecule is CNC(Cc1c[nH]c2ccccc12)C(=O)N(C)C(C(=O)NC(CCCC[n+]1ccn2ccccc21)C(=O)NCC(=O)NC(C=O)CC(=O)O)C(C)C. The second-order valence-electron chi connectivity index (χ2n) is 13.2. The van der Waals surface area contributed by atoms with Crippen molar-refractivity contribution in [3.63, 3.8) is 0 Å². The van der Waals surface area contributed by atoms with Gasteiger partial charge in [-0.2, -0.15) is 0 Å². The molecule has 15 heteroatoms. The number of likely N-dealkylation sites (N-methyl/N-ethyl adjacent to an activating group) is 2. The Hall–Kier alpha value is -5.57. The number of carbonyl (C=O) groups is 6. The lowest BCUT2D eigenvalue weighted by atomic mass is 9.98. The van der Waals surface area contributed by atoms with Crippen molar-refractivity contribution in [3.8, 4) is 0 Å². The zero-order valence-corrected chi connectivity index (χ0v) is 30.0. The van der Waals surface area contributed by atoms with Crippen molar-refractivity contribution >= 4 is 52.4 Å². The number of para-hydroxylation sites is 1. The molecule has 4 rings (SSSR count). The molecule has 3 aromatic heterocycles. The maximum Gasteiger partial charge on any atom is 0.305 e. The van der Waals surface area contributed by atoms with Crippen LogP contribution in [0.5, 0.6) is 0 Å². The second-order valence-corrected chi connectivity index (χ2v) is 13.2. The summed E-state index contributed by atoms with van der Waals surface area (Å²) in [6, 6.07) is 9.84. The van der Waals surface area contributed by atoms with Gasteiger partial charge in [-0.05, 0) is 56.3 Å². The number of hydrogen-bond donors (Lipinski definition) is 6. The number of carbonyl (C=O) groups excluding carboxylic acids is 5. The molecule has 0 fully saturated rings. The van der Waals surface area contributed by atoms with Crippen molar-refractivity contribution in [2.75, 3.05) is 20.6 Å². The van der Waals surface area contributed by atoms with Crippen molar-refractivity contribution in [2.45, 2.75) is 76.7 Å². The molecule has 6 N–H and O–H groups in total. The van der Waals surface area contributed by atoms with Crippen LogP contribution >= 0.6 is 0 Å². The molecular formula is C37H49N8O7+. The van der Waals surface area contributed by atoms with Gasteiger partial charge in [-0.1, -0.05) is 38.1 Å². The smallest absolute Gasteiger partial charge is 0.305 e. The summed E-state index contributed by atoms with van der Waals surface area (Å²) < 4.78 is 4.08. The maximum absolute atomic E-state index is 13.9. The number of aldehydes is 1. The van der Waals surface area contributed by atoms with Gasteiger partial charge in [0.1, 0.15) is 30.8 Å². The van der Waals surface area contributed by atoms with Gasteiger partial charge < -0.3 is 41.1 Å². The van der Waals surface area contributed by atoms with Crippen molar-refractivity contribution in [1.29, 1.82) is 0 Å². The van der Waals surface area contributed by atoms with Crippen molar-refractivity contribution in [1.82, 2.24) is 35.6 Å². The van der Waals surface area contributed by atoms with E-state index in [1.807, 2.05) is 85.5 Å². The molecule has 0 aliphatic heterocycles. The van der Waals surface area contributed by atoms with Crippen LogP contribution in [0.25, 0.3) is 16.6 Å². The number of nitrogens with one attached hydrogen (secondary N) is 5. The second kappa shape index (κ2) is 18.6. The van der Waals surface area contributed by atoms with E-state index in [2.05, 4.69) is 30.8 Å². The third-order valence-corrected chi connectivity index (χ3v) is 9.08. The Bertz CT molecular complexity index is 1870. The number of aromatic nitrogens is 3. The summed E-state index contributed by atoms with van der Waals surface area (Å²) in [4.78, 5) is 80.6. The maximum atomic E-state index is 13.9. The number of aryl methyl sites for hydroxylation is 1. The monoisotopic (exact) mass is 717 g/mol. The minimum Gasteiger partial charge on any atom is -0.481 e. The Balaban J connectivity index is 1.44. The van der Waals surface area contributed by atoms with E-state index in [1.165, 1.54) is 4.90 Å². The Morgan fingerprint density at radius 3 is 2.44 bits per heavy atom. The summed E-state index contributed by atoms with van der Waals surface area (Å²) in [5.74, 6) is -3.78. The van der Waals surface area contributed by atoms with Gasteiger partial charge in [0.25, 0.3) is 5.65 Å². The Labute approximate surface area is 302 Å². The summed E-state index contributed by atoms with van der Waals surface area (Å²) >= 11 is 0. The molecule has 0 radical (unpaired) electrons. The molecule has 0 spiro atoms. The number of fused-ring (bicyclic) bond motifs is 2. The number of aromatic amines is 1. The van der Waals surface area contributed by atoms with Crippen LogP contribution in [0.3, 0.4) is 0 Å². The van der Waals surface area contributed by atoms with E-state index < -0.39 is 60.8 Å². The van der Waals surface area contributed by atoms with Crippen LogP contribution in [-0.4, -0.2) is 100 Å². The zero-order chi connectivity index (χ0) is 37.8. The first-order valence-corrected chi connectivity index (χ1v) is 17.4. The fourth-order valence-electron chi connectivity index (χ4n) is 6.40. The van der Waals surface area contributed by atoms with E-state index in [0.29, 0.717) is 32.1 Å². The normalized spacial score (nSPS) is 13.6. The summed E-state index contributed by atoms with van der Waals surface area (Å²) in [6.45, 7) is 3.77. The molecule has 4 unspecified atom stereocenters. The van der Waals surface area contributed by atoms with Crippen molar-refractivity contribution < 1.29 is 38.4 Å². The van der Waals surface area contributed by atoms with E-state index in [0.717, 1.165) is 22.1 Å². The molecule has 0 aliphatic carbocycles. The van der Waals surface area contributed by atoms with Gasteiger partial charge in [0, 0.05) is 30.2 Å². The van der Waals surface area contributed by atoms with Crippen LogP contribution in [0.2, 0.25) is 0 Å². The first kappa shape index (κ1) is 39.2.